The van der Waals surface area contributed by atoms with E-state index in [1.165, 1.54) is 0 Å². The second-order valence-corrected chi connectivity index (χ2v) is 4.10. The highest BCUT2D eigenvalue weighted by Gasteiger charge is 2.19. The number of primary sulfonamides is 1. The van der Waals surface area contributed by atoms with Crippen molar-refractivity contribution in [3.63, 3.8) is 0 Å². The van der Waals surface area contributed by atoms with Gasteiger partial charge in [-0.2, -0.15) is 4.37 Å². The molecule has 1 amide bonds. The Morgan fingerprint density at radius 2 is 2.17 bits per heavy atom. The average Bonchev–Trinajstić information content (AvgIpc) is 2.30. The summed E-state index contributed by atoms with van der Waals surface area (Å²) in [6, 6.07) is 0. The van der Waals surface area contributed by atoms with Crippen molar-refractivity contribution < 1.29 is 13.2 Å². The van der Waals surface area contributed by atoms with Crippen LogP contribution in [0.2, 0.25) is 0 Å². The molecule has 0 fully saturated rings. The topological polar surface area (TPSA) is 116 Å². The van der Waals surface area contributed by atoms with Gasteiger partial charge in [-0.05, 0) is 11.5 Å². The fourth-order valence-corrected chi connectivity index (χ4v) is 2.29. The first-order valence-electron chi connectivity index (χ1n) is 2.70. The van der Waals surface area contributed by atoms with Crippen molar-refractivity contribution in [3.05, 3.63) is 11.1 Å². The Bertz CT molecular complexity index is 407. The number of carbonyl (C=O) groups is 1. The lowest BCUT2D eigenvalue weighted by Crippen LogP contribution is -2.19. The van der Waals surface area contributed by atoms with Crippen LogP contribution in [0.1, 0.15) is 10.5 Å². The van der Waals surface area contributed by atoms with E-state index < -0.39 is 15.9 Å². The first-order chi connectivity index (χ1) is 5.43. The van der Waals surface area contributed by atoms with E-state index in [4.69, 9.17) is 10.9 Å². The average molecular weight is 207 g/mol. The Morgan fingerprint density at radius 3 is 2.50 bits per heavy atom. The predicted molar refractivity (Wildman–Crippen MR) is 42.0 cm³/mol. The summed E-state index contributed by atoms with van der Waals surface area (Å²) < 4.78 is 25.0. The number of hydrogen-bond donors (Lipinski definition) is 2. The molecular weight excluding hydrogens is 202 g/mol. The van der Waals surface area contributed by atoms with E-state index in [1.807, 2.05) is 0 Å². The van der Waals surface area contributed by atoms with Gasteiger partial charge in [-0.1, -0.05) is 0 Å². The van der Waals surface area contributed by atoms with Crippen LogP contribution in [0.25, 0.3) is 0 Å². The van der Waals surface area contributed by atoms with Gasteiger partial charge in [0, 0.05) is 5.38 Å². The molecule has 0 saturated heterocycles. The van der Waals surface area contributed by atoms with Crippen molar-refractivity contribution in [2.75, 3.05) is 0 Å². The number of carbonyl (C=O) groups excluding carboxylic acids is 1. The monoisotopic (exact) mass is 207 g/mol. The molecule has 66 valence electrons. The number of amides is 1. The highest BCUT2D eigenvalue weighted by molar-refractivity contribution is 7.89. The van der Waals surface area contributed by atoms with Gasteiger partial charge >= 0.3 is 0 Å². The van der Waals surface area contributed by atoms with E-state index in [0.29, 0.717) is 0 Å². The number of primary amides is 1. The summed E-state index contributed by atoms with van der Waals surface area (Å²) >= 11 is 0.811. The highest BCUT2D eigenvalue weighted by atomic mass is 32.2. The Hall–Kier alpha value is -0.990. The molecule has 0 saturated carbocycles. The largest absolute Gasteiger partial charge is 0.364 e. The molecule has 8 heteroatoms. The van der Waals surface area contributed by atoms with Crippen LogP contribution in [0.5, 0.6) is 0 Å². The van der Waals surface area contributed by atoms with Gasteiger partial charge in [0.1, 0.15) is 4.90 Å². The van der Waals surface area contributed by atoms with Gasteiger partial charge in [0.2, 0.25) is 10.0 Å². The smallest absolute Gasteiger partial charge is 0.269 e. The third kappa shape index (κ3) is 1.60. The minimum absolute atomic E-state index is 0.303. The van der Waals surface area contributed by atoms with Gasteiger partial charge < -0.3 is 5.73 Å². The number of sulfonamides is 1. The van der Waals surface area contributed by atoms with Crippen molar-refractivity contribution in [1.82, 2.24) is 4.37 Å². The lowest BCUT2D eigenvalue weighted by molar-refractivity contribution is 0.0993. The molecule has 0 bridgehead atoms. The Labute approximate surface area is 72.4 Å². The summed E-state index contributed by atoms with van der Waals surface area (Å²) in [7, 11) is -3.89. The molecule has 0 unspecified atom stereocenters. The quantitative estimate of drug-likeness (QED) is 0.639. The third-order valence-electron chi connectivity index (χ3n) is 1.08. The van der Waals surface area contributed by atoms with Crippen LogP contribution in [0.3, 0.4) is 0 Å². The Kier molecular flexibility index (Phi) is 2.13. The first-order valence-corrected chi connectivity index (χ1v) is 5.08. The van der Waals surface area contributed by atoms with Crippen molar-refractivity contribution in [2.24, 2.45) is 10.9 Å². The summed E-state index contributed by atoms with van der Waals surface area (Å²) in [6.45, 7) is 0. The molecular formula is C4H5N3O3S2. The molecule has 0 aliphatic rings. The lowest BCUT2D eigenvalue weighted by Gasteiger charge is -1.93. The molecule has 1 heterocycles. The highest BCUT2D eigenvalue weighted by Crippen LogP contribution is 2.14. The van der Waals surface area contributed by atoms with Gasteiger partial charge in [-0.15, -0.1) is 0 Å². The molecule has 6 nitrogen and oxygen atoms in total. The van der Waals surface area contributed by atoms with Crippen LogP contribution in [-0.2, 0) is 10.0 Å². The molecule has 0 spiro atoms. The van der Waals surface area contributed by atoms with Crippen LogP contribution in [-0.4, -0.2) is 18.7 Å². The molecule has 12 heavy (non-hydrogen) atoms. The van der Waals surface area contributed by atoms with E-state index in [0.717, 1.165) is 16.9 Å². The molecule has 0 radical (unpaired) electrons. The van der Waals surface area contributed by atoms with E-state index >= 15 is 0 Å². The summed E-state index contributed by atoms with van der Waals surface area (Å²) in [5, 5.41) is 5.93. The first kappa shape index (κ1) is 9.10. The minimum Gasteiger partial charge on any atom is -0.364 e. The maximum Gasteiger partial charge on any atom is 0.269 e. The van der Waals surface area contributed by atoms with Crippen LogP contribution in [0, 0.1) is 0 Å². The molecule has 0 aromatic carbocycles. The second kappa shape index (κ2) is 2.81. The van der Waals surface area contributed by atoms with E-state index in [1.54, 1.807) is 0 Å². The van der Waals surface area contributed by atoms with E-state index in [2.05, 4.69) is 4.37 Å². The van der Waals surface area contributed by atoms with Gasteiger partial charge in [0.15, 0.2) is 5.69 Å². The zero-order chi connectivity index (χ0) is 9.35. The van der Waals surface area contributed by atoms with Crippen LogP contribution in [0.15, 0.2) is 10.3 Å². The summed E-state index contributed by atoms with van der Waals surface area (Å²) in [6.07, 6.45) is 0. The van der Waals surface area contributed by atoms with Gasteiger partial charge in [-0.25, -0.2) is 13.6 Å². The molecule has 1 rings (SSSR count). The van der Waals surface area contributed by atoms with Crippen LogP contribution < -0.4 is 10.9 Å². The summed E-state index contributed by atoms with van der Waals surface area (Å²) in [4.78, 5) is 10.3. The van der Waals surface area contributed by atoms with Gasteiger partial charge in [0.25, 0.3) is 5.91 Å². The van der Waals surface area contributed by atoms with Crippen LogP contribution in [0.4, 0.5) is 0 Å². The van der Waals surface area contributed by atoms with Gasteiger partial charge in [-0.3, -0.25) is 4.79 Å². The maximum atomic E-state index is 10.8. The van der Waals surface area contributed by atoms with E-state index in [-0.39, 0.29) is 10.6 Å². The molecule has 1 aromatic rings. The molecule has 0 aliphatic carbocycles. The zero-order valence-electron chi connectivity index (χ0n) is 5.72. The van der Waals surface area contributed by atoms with Crippen molar-refractivity contribution in [2.45, 2.75) is 4.90 Å². The summed E-state index contributed by atoms with van der Waals surface area (Å²) in [5.41, 5.74) is 4.54. The van der Waals surface area contributed by atoms with Crippen LogP contribution >= 0.6 is 11.5 Å². The molecule has 0 aliphatic heterocycles. The van der Waals surface area contributed by atoms with Crippen molar-refractivity contribution >= 4 is 27.5 Å². The zero-order valence-corrected chi connectivity index (χ0v) is 7.35. The maximum absolute atomic E-state index is 10.8. The minimum atomic E-state index is -3.89. The van der Waals surface area contributed by atoms with E-state index in [9.17, 15) is 13.2 Å². The molecule has 1 aromatic heterocycles. The Morgan fingerprint density at radius 1 is 1.58 bits per heavy atom. The number of aromatic nitrogens is 1. The molecule has 4 N–H and O–H groups in total. The number of nitrogens with zero attached hydrogens (tertiary/aromatic N) is 1. The Balaban J connectivity index is 3.36. The number of hydrogen-bond acceptors (Lipinski definition) is 5. The summed E-state index contributed by atoms with van der Waals surface area (Å²) in [5.74, 6) is -0.903. The number of nitrogens with two attached hydrogens (primary N) is 2. The predicted octanol–water partition coefficient (Wildman–Crippen LogP) is -1.11. The standard InChI is InChI=1S/C4H5N3O3S2/c5-4(8)3-2(1-11-7-3)12(6,9)10/h1H,(H2,5,8)(H2,6,9,10). The van der Waals surface area contributed by atoms with Crippen molar-refractivity contribution in [1.29, 1.82) is 0 Å². The fraction of sp³-hybridized carbons (Fsp3) is 0. The van der Waals surface area contributed by atoms with Gasteiger partial charge in [0.05, 0.1) is 0 Å². The molecule has 0 atom stereocenters. The number of rotatable bonds is 2. The third-order valence-corrected chi connectivity index (χ3v) is 2.78. The SMILES string of the molecule is NC(=O)c1nscc1S(N)(=O)=O. The normalized spacial score (nSPS) is 11.4. The fourth-order valence-electron chi connectivity index (χ4n) is 0.596. The second-order valence-electron chi connectivity index (χ2n) is 1.94. The lowest BCUT2D eigenvalue weighted by atomic mass is 10.4. The van der Waals surface area contributed by atoms with Crippen molar-refractivity contribution in [3.8, 4) is 0 Å².